The number of aromatic nitrogens is 2. The number of hydrogen-bond acceptors (Lipinski definition) is 7. The molecule has 186 valence electrons. The van der Waals surface area contributed by atoms with Crippen LogP contribution in [0.2, 0.25) is 0 Å². The monoisotopic (exact) mass is 494 g/mol. The number of amides is 2. The molecule has 1 N–H and O–H groups in total. The van der Waals surface area contributed by atoms with Gasteiger partial charge in [0.15, 0.2) is 5.13 Å². The Morgan fingerprint density at radius 2 is 1.91 bits per heavy atom. The van der Waals surface area contributed by atoms with Crippen LogP contribution in [-0.2, 0) is 9.59 Å². The molecule has 4 rings (SSSR count). The van der Waals surface area contributed by atoms with Crippen molar-refractivity contribution in [2.45, 2.75) is 40.0 Å². The topological polar surface area (TPSA) is 81.7 Å². The zero-order valence-electron chi connectivity index (χ0n) is 20.8. The number of nitrogens with zero attached hydrogens (tertiary/aromatic N) is 5. The maximum atomic E-state index is 12.8. The normalized spacial score (nSPS) is 14.1. The van der Waals surface area contributed by atoms with Gasteiger partial charge < -0.3 is 20.0 Å². The summed E-state index contributed by atoms with van der Waals surface area (Å²) in [5.41, 5.74) is 3.88. The van der Waals surface area contributed by atoms with E-state index in [1.54, 1.807) is 17.5 Å². The van der Waals surface area contributed by atoms with Gasteiger partial charge in [0.2, 0.25) is 11.8 Å². The first-order valence-corrected chi connectivity index (χ1v) is 13.2. The highest BCUT2D eigenvalue weighted by atomic mass is 32.1. The first-order valence-electron chi connectivity index (χ1n) is 12.4. The van der Waals surface area contributed by atoms with E-state index < -0.39 is 0 Å². The maximum Gasteiger partial charge on any atom is 0.224 e. The Morgan fingerprint density at radius 1 is 1.09 bits per heavy atom. The van der Waals surface area contributed by atoms with Gasteiger partial charge in [-0.1, -0.05) is 11.3 Å². The number of aryl methyl sites for hydroxylation is 1. The number of fused-ring (bicyclic) bond motifs is 1. The Balaban J connectivity index is 1.27. The molecule has 1 aliphatic rings. The van der Waals surface area contributed by atoms with E-state index in [9.17, 15) is 9.59 Å². The van der Waals surface area contributed by atoms with Crippen LogP contribution in [0, 0.1) is 6.92 Å². The second-order valence-electron chi connectivity index (χ2n) is 8.77. The van der Waals surface area contributed by atoms with Crippen LogP contribution in [-0.4, -0.2) is 66.0 Å². The first kappa shape index (κ1) is 24.9. The van der Waals surface area contributed by atoms with Gasteiger partial charge in [-0.15, -0.1) is 0 Å². The van der Waals surface area contributed by atoms with Crippen molar-refractivity contribution < 1.29 is 9.59 Å². The van der Waals surface area contributed by atoms with Crippen molar-refractivity contribution in [1.82, 2.24) is 14.9 Å². The van der Waals surface area contributed by atoms with Gasteiger partial charge in [0, 0.05) is 69.7 Å². The summed E-state index contributed by atoms with van der Waals surface area (Å²) >= 11 is 1.59. The van der Waals surface area contributed by atoms with Crippen molar-refractivity contribution in [2.75, 3.05) is 54.4 Å². The van der Waals surface area contributed by atoms with Crippen molar-refractivity contribution in [3.05, 3.63) is 42.1 Å². The molecule has 1 aromatic carbocycles. The van der Waals surface area contributed by atoms with E-state index in [2.05, 4.69) is 40.0 Å². The Bertz CT molecular complexity index is 1140. The fourth-order valence-corrected chi connectivity index (χ4v) is 5.38. The number of nitrogens with one attached hydrogen (secondary N) is 1. The third-order valence-electron chi connectivity index (χ3n) is 6.45. The van der Waals surface area contributed by atoms with E-state index in [-0.39, 0.29) is 24.7 Å². The van der Waals surface area contributed by atoms with Crippen LogP contribution in [0.5, 0.6) is 0 Å². The lowest BCUT2D eigenvalue weighted by Crippen LogP contribution is -2.35. The Morgan fingerprint density at radius 3 is 2.66 bits per heavy atom. The van der Waals surface area contributed by atoms with E-state index in [0.717, 1.165) is 65.0 Å². The van der Waals surface area contributed by atoms with Gasteiger partial charge in [0.25, 0.3) is 0 Å². The van der Waals surface area contributed by atoms with Crippen molar-refractivity contribution in [2.24, 2.45) is 0 Å². The van der Waals surface area contributed by atoms with Crippen molar-refractivity contribution >= 4 is 50.0 Å². The number of hydrogen-bond donors (Lipinski definition) is 1. The average Bonchev–Trinajstić information content (AvgIpc) is 3.14. The van der Waals surface area contributed by atoms with Gasteiger partial charge in [-0.2, -0.15) is 0 Å². The molecule has 1 fully saturated rings. The summed E-state index contributed by atoms with van der Waals surface area (Å²) in [7, 11) is 0. The predicted octanol–water partition coefficient (Wildman–Crippen LogP) is 4.30. The van der Waals surface area contributed by atoms with Crippen molar-refractivity contribution in [3.63, 3.8) is 0 Å². The summed E-state index contributed by atoms with van der Waals surface area (Å²) in [6.07, 6.45) is 3.05. The molecule has 0 spiro atoms. The molecular weight excluding hydrogens is 460 g/mol. The molecule has 0 radical (unpaired) electrons. The number of carbonyl (C=O) groups is 2. The quantitative estimate of drug-likeness (QED) is 0.503. The fraction of sp³-hybridized carbons (Fsp3) is 0.462. The molecule has 3 heterocycles. The number of pyridine rings is 1. The second kappa shape index (κ2) is 11.5. The number of rotatable bonds is 8. The Hall–Kier alpha value is -3.20. The lowest BCUT2D eigenvalue weighted by molar-refractivity contribution is -0.132. The van der Waals surface area contributed by atoms with Crippen LogP contribution in [0.25, 0.3) is 10.3 Å². The minimum absolute atomic E-state index is 0.0292. The summed E-state index contributed by atoms with van der Waals surface area (Å²) in [6.45, 7) is 11.1. The average molecular weight is 495 g/mol. The van der Waals surface area contributed by atoms with E-state index in [0.29, 0.717) is 13.1 Å². The van der Waals surface area contributed by atoms with Crippen LogP contribution in [0.1, 0.15) is 38.7 Å². The van der Waals surface area contributed by atoms with E-state index in [4.69, 9.17) is 4.98 Å². The van der Waals surface area contributed by atoms with Crippen molar-refractivity contribution in [3.8, 4) is 0 Å². The van der Waals surface area contributed by atoms with Gasteiger partial charge in [0.1, 0.15) is 10.3 Å². The smallest absolute Gasteiger partial charge is 0.224 e. The van der Waals surface area contributed by atoms with Gasteiger partial charge in [-0.05, 0) is 63.1 Å². The number of thiazole rings is 1. The van der Waals surface area contributed by atoms with Crippen LogP contribution in [0.3, 0.4) is 0 Å². The zero-order chi connectivity index (χ0) is 24.8. The molecule has 35 heavy (non-hydrogen) atoms. The molecule has 0 atom stereocenters. The predicted molar refractivity (Wildman–Crippen MR) is 143 cm³/mol. The highest BCUT2D eigenvalue weighted by Gasteiger charge is 2.22. The highest BCUT2D eigenvalue weighted by Crippen LogP contribution is 2.28. The maximum absolute atomic E-state index is 12.8. The number of carbonyl (C=O) groups excluding carboxylic acids is 2. The van der Waals surface area contributed by atoms with Gasteiger partial charge in [0.05, 0.1) is 0 Å². The van der Waals surface area contributed by atoms with Crippen LogP contribution < -0.4 is 15.1 Å². The third kappa shape index (κ3) is 6.08. The summed E-state index contributed by atoms with van der Waals surface area (Å²) in [6, 6.07) is 9.95. The minimum atomic E-state index is -0.129. The lowest BCUT2D eigenvalue weighted by atomic mass is 10.1. The van der Waals surface area contributed by atoms with Crippen LogP contribution in [0.4, 0.5) is 16.5 Å². The Labute approximate surface area is 211 Å². The largest absolute Gasteiger partial charge is 0.372 e. The fourth-order valence-electron chi connectivity index (χ4n) is 4.42. The second-order valence-corrected chi connectivity index (χ2v) is 9.72. The summed E-state index contributed by atoms with van der Waals surface area (Å²) in [5, 5.41) is 3.93. The van der Waals surface area contributed by atoms with E-state index in [1.807, 2.05) is 36.1 Å². The molecule has 2 amide bonds. The molecule has 0 bridgehead atoms. The van der Waals surface area contributed by atoms with Gasteiger partial charge in [-0.25, -0.2) is 9.97 Å². The molecule has 1 aliphatic heterocycles. The number of anilines is 3. The van der Waals surface area contributed by atoms with Crippen molar-refractivity contribution in [1.29, 1.82) is 0 Å². The first-order chi connectivity index (χ1) is 17.0. The lowest BCUT2D eigenvalue weighted by Gasteiger charge is -2.22. The number of benzene rings is 1. The third-order valence-corrected chi connectivity index (χ3v) is 7.49. The molecule has 9 heteroatoms. The molecule has 1 saturated heterocycles. The summed E-state index contributed by atoms with van der Waals surface area (Å²) < 4.78 is 0. The molecular formula is C26H34N6O2S. The standard InChI is InChI=1S/C26H34N6O2S/c1-4-30(5-2)20-9-10-21(19(3)18-20)28-23(33)11-12-24(34)31-14-7-15-32(17-16-31)26-29-22-8-6-13-27-25(22)35-26/h6,8-10,13,18H,4-5,7,11-12,14-17H2,1-3H3,(H,28,33). The minimum Gasteiger partial charge on any atom is -0.372 e. The van der Waals surface area contributed by atoms with Crippen LogP contribution >= 0.6 is 11.3 Å². The van der Waals surface area contributed by atoms with Gasteiger partial charge in [-0.3, -0.25) is 9.59 Å². The molecule has 0 saturated carbocycles. The molecule has 0 unspecified atom stereocenters. The zero-order valence-corrected chi connectivity index (χ0v) is 21.6. The molecule has 2 aromatic heterocycles. The molecule has 3 aromatic rings. The van der Waals surface area contributed by atoms with Crippen LogP contribution in [0.15, 0.2) is 36.5 Å². The molecule has 0 aliphatic carbocycles. The van der Waals surface area contributed by atoms with E-state index in [1.165, 1.54) is 0 Å². The SMILES string of the molecule is CCN(CC)c1ccc(NC(=O)CCC(=O)N2CCCN(c3nc4cccnc4s3)CC2)c(C)c1. The van der Waals surface area contributed by atoms with E-state index >= 15 is 0 Å². The van der Waals surface area contributed by atoms with Gasteiger partial charge >= 0.3 is 0 Å². The Kier molecular flexibility index (Phi) is 8.17. The summed E-state index contributed by atoms with van der Waals surface area (Å²) in [4.78, 5) is 41.8. The molecule has 8 nitrogen and oxygen atoms in total. The highest BCUT2D eigenvalue weighted by molar-refractivity contribution is 7.21. The summed E-state index contributed by atoms with van der Waals surface area (Å²) in [5.74, 6) is -0.1000.